The van der Waals surface area contributed by atoms with Gasteiger partial charge in [-0.2, -0.15) is 0 Å². The van der Waals surface area contributed by atoms with Gasteiger partial charge in [-0.25, -0.2) is 0 Å². The molecule has 0 saturated heterocycles. The van der Waals surface area contributed by atoms with Gasteiger partial charge in [-0.05, 0) is 6.07 Å². The number of aromatic amines is 1. The fourth-order valence-electron chi connectivity index (χ4n) is 2.42. The monoisotopic (exact) mass is 293 g/mol. The zero-order valence-corrected chi connectivity index (χ0v) is 11.9. The van der Waals surface area contributed by atoms with E-state index in [9.17, 15) is 9.59 Å². The van der Waals surface area contributed by atoms with Crippen LogP contribution in [0.1, 0.15) is 10.4 Å². The molecule has 0 fully saturated rings. The molecule has 2 aromatic heterocycles. The number of carbonyl (C=O) groups is 1. The summed E-state index contributed by atoms with van der Waals surface area (Å²) in [5, 5.41) is 3.49. The topological polar surface area (TPSA) is 66.9 Å². The average molecular weight is 293 g/mol. The molecular weight excluding hydrogens is 278 g/mol. The molecule has 2 heterocycles. The molecule has 2 N–H and O–H groups in total. The van der Waals surface area contributed by atoms with Gasteiger partial charge in [0.1, 0.15) is 5.69 Å². The highest BCUT2D eigenvalue weighted by atomic mass is 16.2. The third-order valence-corrected chi connectivity index (χ3v) is 3.43. The third kappa shape index (κ3) is 2.44. The Kier molecular flexibility index (Phi) is 3.62. The van der Waals surface area contributed by atoms with Gasteiger partial charge in [0.05, 0.1) is 5.56 Å². The van der Waals surface area contributed by atoms with Crippen molar-refractivity contribution in [2.45, 2.75) is 6.54 Å². The molecule has 110 valence electrons. The van der Waals surface area contributed by atoms with Crippen molar-refractivity contribution < 1.29 is 4.79 Å². The number of nitrogens with one attached hydrogen (secondary N) is 2. The number of pyridine rings is 1. The number of carbonyl (C=O) groups excluding carboxylic acids is 1. The van der Waals surface area contributed by atoms with Crippen LogP contribution in [0.15, 0.2) is 66.4 Å². The van der Waals surface area contributed by atoms with Crippen LogP contribution in [0.3, 0.4) is 0 Å². The van der Waals surface area contributed by atoms with Gasteiger partial charge in [0.25, 0.3) is 5.91 Å². The van der Waals surface area contributed by atoms with Crippen LogP contribution in [-0.4, -0.2) is 15.5 Å². The van der Waals surface area contributed by atoms with E-state index in [2.05, 4.69) is 16.9 Å². The molecule has 0 aliphatic carbocycles. The predicted molar refractivity (Wildman–Crippen MR) is 87.2 cm³/mol. The molecule has 1 aromatic carbocycles. The number of H-pyrrole nitrogens is 1. The number of amides is 1. The van der Waals surface area contributed by atoms with E-state index in [1.54, 1.807) is 12.3 Å². The van der Waals surface area contributed by atoms with Gasteiger partial charge in [0, 0.05) is 42.1 Å². The number of hydrogen-bond donors (Lipinski definition) is 2. The molecular formula is C17H15N3O2. The smallest absolute Gasteiger partial charge is 0.257 e. The Morgan fingerprint density at radius 1 is 1.32 bits per heavy atom. The molecule has 22 heavy (non-hydrogen) atoms. The van der Waals surface area contributed by atoms with Crippen molar-refractivity contribution in [2.75, 3.05) is 5.32 Å². The van der Waals surface area contributed by atoms with Gasteiger partial charge in [-0.15, -0.1) is 6.58 Å². The van der Waals surface area contributed by atoms with E-state index >= 15 is 0 Å². The summed E-state index contributed by atoms with van der Waals surface area (Å²) in [5.41, 5.74) is 1.48. The van der Waals surface area contributed by atoms with Crippen LogP contribution in [0, 0.1) is 0 Å². The Balaban J connectivity index is 2.03. The first-order valence-corrected chi connectivity index (χ1v) is 6.88. The first kappa shape index (κ1) is 13.9. The van der Waals surface area contributed by atoms with Crippen LogP contribution in [0.2, 0.25) is 0 Å². The number of aromatic nitrogens is 2. The normalized spacial score (nSPS) is 10.5. The molecule has 3 aromatic rings. The second kappa shape index (κ2) is 5.73. The SMILES string of the molecule is C=CCn1cc(C(=O)Nc2c[nH]ccc2=O)c2ccccc21. The molecule has 0 spiro atoms. The predicted octanol–water partition coefficient (Wildman–Crippen LogP) is 2.77. The largest absolute Gasteiger partial charge is 0.366 e. The minimum Gasteiger partial charge on any atom is -0.366 e. The molecule has 0 aliphatic heterocycles. The second-order valence-corrected chi connectivity index (χ2v) is 4.88. The number of fused-ring (bicyclic) bond motifs is 1. The van der Waals surface area contributed by atoms with Crippen molar-refractivity contribution in [1.82, 2.24) is 9.55 Å². The standard InChI is InChI=1S/C17H15N3O2/c1-2-9-20-11-13(12-5-3-4-6-15(12)20)17(22)19-14-10-18-8-7-16(14)21/h2-8,10-11H,1,9H2,(H,18,21)(H,19,22). The lowest BCUT2D eigenvalue weighted by molar-refractivity contribution is 0.102. The lowest BCUT2D eigenvalue weighted by Gasteiger charge is -2.02. The van der Waals surface area contributed by atoms with Crippen molar-refractivity contribution in [3.8, 4) is 0 Å². The first-order chi connectivity index (χ1) is 10.7. The summed E-state index contributed by atoms with van der Waals surface area (Å²) in [6, 6.07) is 9.01. The van der Waals surface area contributed by atoms with Gasteiger partial charge < -0.3 is 14.9 Å². The van der Waals surface area contributed by atoms with E-state index < -0.39 is 0 Å². The number of rotatable bonds is 4. The molecule has 3 rings (SSSR count). The zero-order chi connectivity index (χ0) is 15.5. The summed E-state index contributed by atoms with van der Waals surface area (Å²) in [6.45, 7) is 4.34. The maximum absolute atomic E-state index is 12.5. The van der Waals surface area contributed by atoms with Gasteiger partial charge in [0.15, 0.2) is 0 Å². The molecule has 5 heteroatoms. The van der Waals surface area contributed by atoms with Crippen molar-refractivity contribution in [3.63, 3.8) is 0 Å². The van der Waals surface area contributed by atoms with E-state index in [1.165, 1.54) is 18.5 Å². The molecule has 0 radical (unpaired) electrons. The lowest BCUT2D eigenvalue weighted by Crippen LogP contribution is -2.17. The second-order valence-electron chi connectivity index (χ2n) is 4.88. The minimum atomic E-state index is -0.310. The van der Waals surface area contributed by atoms with Crippen LogP contribution < -0.4 is 10.7 Å². The number of anilines is 1. The Labute approximate surface area is 126 Å². The van der Waals surface area contributed by atoms with Crippen molar-refractivity contribution >= 4 is 22.5 Å². The van der Waals surface area contributed by atoms with Crippen LogP contribution in [0.5, 0.6) is 0 Å². The maximum Gasteiger partial charge on any atom is 0.257 e. The fraction of sp³-hybridized carbons (Fsp3) is 0.0588. The Bertz CT molecular complexity index is 905. The van der Waals surface area contributed by atoms with E-state index in [-0.39, 0.29) is 17.0 Å². The van der Waals surface area contributed by atoms with Crippen LogP contribution in [0.25, 0.3) is 10.9 Å². The van der Waals surface area contributed by atoms with Gasteiger partial charge in [-0.3, -0.25) is 9.59 Å². The summed E-state index contributed by atoms with van der Waals surface area (Å²) < 4.78 is 1.95. The molecule has 0 aliphatic rings. The summed E-state index contributed by atoms with van der Waals surface area (Å²) in [6.07, 6.45) is 6.55. The lowest BCUT2D eigenvalue weighted by atomic mass is 10.1. The van der Waals surface area contributed by atoms with E-state index in [0.29, 0.717) is 12.1 Å². The summed E-state index contributed by atoms with van der Waals surface area (Å²) in [5.74, 6) is -0.310. The molecule has 0 atom stereocenters. The third-order valence-electron chi connectivity index (χ3n) is 3.43. The van der Waals surface area contributed by atoms with Crippen LogP contribution in [-0.2, 0) is 6.54 Å². The maximum atomic E-state index is 12.5. The average Bonchev–Trinajstić information content (AvgIpc) is 2.89. The Morgan fingerprint density at radius 3 is 2.91 bits per heavy atom. The minimum absolute atomic E-state index is 0.230. The number of para-hydroxylation sites is 1. The molecule has 0 saturated carbocycles. The number of hydrogen-bond acceptors (Lipinski definition) is 2. The molecule has 5 nitrogen and oxygen atoms in total. The number of nitrogens with zero attached hydrogens (tertiary/aromatic N) is 1. The number of allylic oxidation sites excluding steroid dienone is 1. The van der Waals surface area contributed by atoms with Gasteiger partial charge in [-0.1, -0.05) is 24.3 Å². The van der Waals surface area contributed by atoms with Crippen molar-refractivity contribution in [1.29, 1.82) is 0 Å². The number of benzene rings is 1. The first-order valence-electron chi connectivity index (χ1n) is 6.88. The highest BCUT2D eigenvalue weighted by Crippen LogP contribution is 2.22. The van der Waals surface area contributed by atoms with Crippen molar-refractivity contribution in [2.24, 2.45) is 0 Å². The van der Waals surface area contributed by atoms with E-state index in [1.807, 2.05) is 28.8 Å². The summed E-state index contributed by atoms with van der Waals surface area (Å²) in [7, 11) is 0. The van der Waals surface area contributed by atoms with Gasteiger partial charge >= 0.3 is 0 Å². The highest BCUT2D eigenvalue weighted by molar-refractivity contribution is 6.12. The molecule has 1 amide bonds. The van der Waals surface area contributed by atoms with Crippen LogP contribution >= 0.6 is 0 Å². The fourth-order valence-corrected chi connectivity index (χ4v) is 2.42. The van der Waals surface area contributed by atoms with Crippen LogP contribution in [0.4, 0.5) is 5.69 Å². The van der Waals surface area contributed by atoms with Crippen molar-refractivity contribution in [3.05, 3.63) is 77.4 Å². The zero-order valence-electron chi connectivity index (χ0n) is 11.9. The molecule has 0 bridgehead atoms. The quantitative estimate of drug-likeness (QED) is 0.726. The Morgan fingerprint density at radius 2 is 2.14 bits per heavy atom. The van der Waals surface area contributed by atoms with Gasteiger partial charge in [0.2, 0.25) is 5.43 Å². The Hall–Kier alpha value is -3.08. The van der Waals surface area contributed by atoms with E-state index in [4.69, 9.17) is 0 Å². The molecule has 0 unspecified atom stereocenters. The summed E-state index contributed by atoms with van der Waals surface area (Å²) in [4.78, 5) is 27.0. The highest BCUT2D eigenvalue weighted by Gasteiger charge is 2.15. The van der Waals surface area contributed by atoms with E-state index in [0.717, 1.165) is 10.9 Å². The summed E-state index contributed by atoms with van der Waals surface area (Å²) >= 11 is 0.